The van der Waals surface area contributed by atoms with Gasteiger partial charge in [-0.3, -0.25) is 15.4 Å². The fourth-order valence-electron chi connectivity index (χ4n) is 4.11. The normalized spacial score (nSPS) is 10.7. The van der Waals surface area contributed by atoms with Crippen molar-refractivity contribution in [3.63, 3.8) is 0 Å². The Labute approximate surface area is 258 Å². The summed E-state index contributed by atoms with van der Waals surface area (Å²) in [6, 6.07) is 24.1. The zero-order chi connectivity index (χ0) is 30.9. The lowest BCUT2D eigenvalue weighted by Gasteiger charge is -2.13. The molecule has 44 heavy (non-hydrogen) atoms. The Morgan fingerprint density at radius 3 is 2.48 bits per heavy atom. The van der Waals surface area contributed by atoms with Gasteiger partial charge < -0.3 is 5.32 Å². The van der Waals surface area contributed by atoms with Crippen LogP contribution in [0.4, 0.5) is 22.1 Å². The van der Waals surface area contributed by atoms with Gasteiger partial charge in [-0.25, -0.2) is 24.4 Å². The van der Waals surface area contributed by atoms with Crippen molar-refractivity contribution in [2.45, 2.75) is 37.2 Å². The molecule has 2 aromatic carbocycles. The quantitative estimate of drug-likeness (QED) is 0.137. The van der Waals surface area contributed by atoms with Crippen molar-refractivity contribution in [1.82, 2.24) is 35.3 Å². The summed E-state index contributed by atoms with van der Waals surface area (Å²) >= 11 is 1.32. The summed E-state index contributed by atoms with van der Waals surface area (Å²) in [7, 11) is 0. The van der Waals surface area contributed by atoms with Crippen molar-refractivity contribution >= 4 is 41.0 Å². The molecule has 0 atom stereocenters. The number of para-hydroxylation sites is 1. The maximum absolute atomic E-state index is 12.3. The third-order valence-electron chi connectivity index (χ3n) is 6.29. The first kappa shape index (κ1) is 29.9. The molecule has 5 aromatic rings. The van der Waals surface area contributed by atoms with Crippen molar-refractivity contribution in [3.8, 4) is 17.3 Å². The number of carbonyl (C=O) groups excluding carboxylic acids is 2. The number of imide groups is 1. The lowest BCUT2D eigenvalue weighted by Crippen LogP contribution is -2.36. The van der Waals surface area contributed by atoms with Gasteiger partial charge in [-0.05, 0) is 35.7 Å². The molecule has 0 bridgehead atoms. The number of thioether (sulfide) groups is 1. The molecule has 0 aliphatic carbocycles. The van der Waals surface area contributed by atoms with E-state index in [-0.39, 0.29) is 6.54 Å². The Bertz CT molecular complexity index is 1790. The highest BCUT2D eigenvalue weighted by atomic mass is 32.2. The van der Waals surface area contributed by atoms with Crippen LogP contribution >= 0.6 is 11.8 Å². The second kappa shape index (κ2) is 14.0. The van der Waals surface area contributed by atoms with Gasteiger partial charge in [0.1, 0.15) is 24.0 Å². The summed E-state index contributed by atoms with van der Waals surface area (Å²) in [6.07, 6.45) is 3.14. The summed E-state index contributed by atoms with van der Waals surface area (Å²) in [6.45, 7) is 4.04. The Morgan fingerprint density at radius 2 is 1.77 bits per heavy atom. The molecule has 3 amide bonds. The molecule has 12 nitrogen and oxygen atoms in total. The van der Waals surface area contributed by atoms with Gasteiger partial charge in [0.05, 0.1) is 11.4 Å². The van der Waals surface area contributed by atoms with Crippen molar-refractivity contribution in [1.29, 1.82) is 5.26 Å². The summed E-state index contributed by atoms with van der Waals surface area (Å²) in [5.41, 5.74) is 4.20. The molecule has 0 aliphatic rings. The number of urea groups is 1. The number of nitrogens with one attached hydrogen (secondary N) is 3. The number of pyridine rings is 1. The third-order valence-corrected chi connectivity index (χ3v) is 7.17. The monoisotopic (exact) mass is 604 g/mol. The molecule has 0 saturated heterocycles. The lowest BCUT2D eigenvalue weighted by atomic mass is 9.99. The largest absolute Gasteiger partial charge is 0.339 e. The fourth-order valence-corrected chi connectivity index (χ4v) is 4.83. The van der Waals surface area contributed by atoms with Gasteiger partial charge in [0, 0.05) is 29.4 Å². The lowest BCUT2D eigenvalue weighted by molar-refractivity contribution is -0.120. The topological polar surface area (TPSA) is 163 Å². The Morgan fingerprint density at radius 1 is 1.00 bits per heavy atom. The van der Waals surface area contributed by atoms with Gasteiger partial charge in [0.15, 0.2) is 11.0 Å². The molecule has 3 aromatic heterocycles. The summed E-state index contributed by atoms with van der Waals surface area (Å²) in [5.74, 6) is 0.867. The van der Waals surface area contributed by atoms with Crippen LogP contribution in [-0.2, 0) is 17.1 Å². The van der Waals surface area contributed by atoms with E-state index in [1.165, 1.54) is 28.2 Å². The van der Waals surface area contributed by atoms with Gasteiger partial charge >= 0.3 is 6.03 Å². The van der Waals surface area contributed by atoms with E-state index in [0.717, 1.165) is 11.3 Å². The number of hydrogen-bond donors (Lipinski definition) is 3. The third kappa shape index (κ3) is 7.81. The Hall–Kier alpha value is -5.61. The van der Waals surface area contributed by atoms with Crippen LogP contribution in [0.5, 0.6) is 0 Å². The van der Waals surface area contributed by atoms with Crippen LogP contribution < -0.4 is 16.0 Å². The molecule has 0 unspecified atom stereocenters. The molecule has 0 fully saturated rings. The highest BCUT2D eigenvalue weighted by Gasteiger charge is 2.18. The molecule has 220 valence electrons. The van der Waals surface area contributed by atoms with Crippen LogP contribution in [0.1, 0.15) is 36.6 Å². The molecule has 3 N–H and O–H groups in total. The summed E-state index contributed by atoms with van der Waals surface area (Å²) < 4.78 is 1.34. The first-order valence-electron chi connectivity index (χ1n) is 13.7. The Kier molecular flexibility index (Phi) is 9.53. The van der Waals surface area contributed by atoms with E-state index >= 15 is 0 Å². The smallest absolute Gasteiger partial charge is 0.327 e. The molecule has 0 aliphatic heterocycles. The number of amides is 3. The second-order valence-electron chi connectivity index (χ2n) is 9.87. The average molecular weight is 605 g/mol. The zero-order valence-electron chi connectivity index (χ0n) is 23.9. The predicted molar refractivity (Wildman–Crippen MR) is 167 cm³/mol. The van der Waals surface area contributed by atoms with E-state index in [4.69, 9.17) is 4.98 Å². The molecule has 0 spiro atoms. The van der Waals surface area contributed by atoms with E-state index in [9.17, 15) is 14.9 Å². The van der Waals surface area contributed by atoms with E-state index in [2.05, 4.69) is 56.1 Å². The van der Waals surface area contributed by atoms with E-state index in [1.807, 2.05) is 54.6 Å². The average Bonchev–Trinajstić information content (AvgIpc) is 3.47. The molecule has 5 rings (SSSR count). The highest BCUT2D eigenvalue weighted by Crippen LogP contribution is 2.32. The fraction of sp³-hybridized carbons (Fsp3) is 0.161. The van der Waals surface area contributed by atoms with Gasteiger partial charge in [-0.1, -0.05) is 79.4 Å². The number of hydrogen-bond acceptors (Lipinski definition) is 10. The van der Waals surface area contributed by atoms with Gasteiger partial charge in [-0.15, -0.1) is 5.10 Å². The highest BCUT2D eigenvalue weighted by molar-refractivity contribution is 7.98. The van der Waals surface area contributed by atoms with Crippen molar-refractivity contribution in [2.75, 3.05) is 10.6 Å². The molecule has 0 saturated carbocycles. The molecular weight excluding hydrogens is 576 g/mol. The van der Waals surface area contributed by atoms with Gasteiger partial charge in [0.2, 0.25) is 5.91 Å². The molecule has 0 radical (unpaired) electrons. The van der Waals surface area contributed by atoms with E-state index < -0.39 is 11.9 Å². The van der Waals surface area contributed by atoms with Crippen LogP contribution in [0.2, 0.25) is 0 Å². The van der Waals surface area contributed by atoms with Crippen molar-refractivity contribution in [2.24, 2.45) is 0 Å². The maximum Gasteiger partial charge on any atom is 0.327 e. The minimum absolute atomic E-state index is 0.206. The molecular formula is C31H28N10O2S. The van der Waals surface area contributed by atoms with Crippen LogP contribution in [0.25, 0.3) is 11.3 Å². The maximum atomic E-state index is 12.3. The zero-order valence-corrected chi connectivity index (χ0v) is 24.7. The standard InChI is InChI=1S/C31H28N10O2S/c1-20(2)21-11-13-22(14-12-21)28-25(16-32)29(34-23-8-4-3-5-9-23)38-31(37-28)44-19-24-17-41(40-39-24)18-27(42)36-30(43)35-26-10-6-7-15-33-26/h3-15,17,20H,18-19H2,1-2H3,(H,34,37,38)(H2,33,35,36,42,43). The van der Waals surface area contributed by atoms with Crippen molar-refractivity contribution < 1.29 is 9.59 Å². The van der Waals surface area contributed by atoms with E-state index in [1.54, 1.807) is 24.4 Å². The predicted octanol–water partition coefficient (Wildman–Crippen LogP) is 5.51. The summed E-state index contributed by atoms with van der Waals surface area (Å²) in [5, 5.41) is 26.7. The first-order valence-corrected chi connectivity index (χ1v) is 14.6. The number of benzene rings is 2. The van der Waals surface area contributed by atoms with Crippen LogP contribution in [-0.4, -0.2) is 41.9 Å². The summed E-state index contributed by atoms with van der Waals surface area (Å²) in [4.78, 5) is 37.8. The second-order valence-corrected chi connectivity index (χ2v) is 10.8. The van der Waals surface area contributed by atoms with Crippen molar-refractivity contribution in [3.05, 3.63) is 102 Å². The van der Waals surface area contributed by atoms with Crippen LogP contribution in [0.15, 0.2) is 90.3 Å². The first-order chi connectivity index (χ1) is 21.4. The Balaban J connectivity index is 1.30. The number of aromatic nitrogens is 6. The minimum Gasteiger partial charge on any atom is -0.339 e. The number of rotatable bonds is 10. The SMILES string of the molecule is CC(C)c1ccc(-c2nc(SCc3cn(CC(=O)NC(=O)Nc4ccccn4)nn3)nc(Nc3ccccc3)c2C#N)cc1. The van der Waals surface area contributed by atoms with E-state index in [0.29, 0.717) is 45.4 Å². The van der Waals surface area contributed by atoms with Gasteiger partial charge in [0.25, 0.3) is 0 Å². The number of nitriles is 1. The number of carbonyl (C=O) groups is 2. The number of anilines is 3. The minimum atomic E-state index is -0.697. The van der Waals surface area contributed by atoms with Gasteiger partial charge in [-0.2, -0.15) is 5.26 Å². The molecule has 3 heterocycles. The van der Waals surface area contributed by atoms with Crippen LogP contribution in [0.3, 0.4) is 0 Å². The number of nitrogens with zero attached hydrogens (tertiary/aromatic N) is 7. The van der Waals surface area contributed by atoms with Crippen LogP contribution in [0, 0.1) is 11.3 Å². The molecule has 13 heteroatoms.